The number of nitrogens with zero attached hydrogens (tertiary/aromatic N) is 3. The highest BCUT2D eigenvalue weighted by molar-refractivity contribution is 7.89. The van der Waals surface area contributed by atoms with Crippen molar-refractivity contribution in [2.45, 2.75) is 42.9 Å². The molecule has 0 radical (unpaired) electrons. The minimum Gasteiger partial charge on any atom is -0.338 e. The molecule has 0 bridgehead atoms. The smallest absolute Gasteiger partial charge is 0.253 e. The summed E-state index contributed by atoms with van der Waals surface area (Å²) in [6.07, 6.45) is 4.76. The van der Waals surface area contributed by atoms with Crippen molar-refractivity contribution in [1.29, 1.82) is 0 Å². The Morgan fingerprint density at radius 1 is 0.969 bits per heavy atom. The topological polar surface area (TPSA) is 70.6 Å². The van der Waals surface area contributed by atoms with Crippen LogP contribution < -0.4 is 0 Å². The molecule has 1 atom stereocenters. The van der Waals surface area contributed by atoms with Gasteiger partial charge in [0, 0.05) is 37.7 Å². The van der Waals surface area contributed by atoms with Gasteiger partial charge in [0.2, 0.25) is 10.0 Å². The van der Waals surface area contributed by atoms with E-state index < -0.39 is 10.0 Å². The van der Waals surface area contributed by atoms with Crippen LogP contribution in [-0.2, 0) is 10.0 Å². The number of piperidine rings is 2. The molecular formula is C24H27N3O3S2. The van der Waals surface area contributed by atoms with Gasteiger partial charge in [0.05, 0.1) is 20.1 Å². The van der Waals surface area contributed by atoms with Crippen LogP contribution in [0, 0.1) is 0 Å². The van der Waals surface area contributed by atoms with E-state index in [-0.39, 0.29) is 16.7 Å². The van der Waals surface area contributed by atoms with E-state index in [0.29, 0.717) is 31.7 Å². The molecule has 0 spiro atoms. The summed E-state index contributed by atoms with van der Waals surface area (Å²) in [7, 11) is -3.56. The molecule has 3 aromatic rings. The summed E-state index contributed by atoms with van der Waals surface area (Å²) in [6.45, 7) is 2.40. The molecule has 0 N–H and O–H groups in total. The number of amides is 1. The van der Waals surface area contributed by atoms with Crippen molar-refractivity contribution in [3.63, 3.8) is 0 Å². The Hall–Kier alpha value is -2.29. The molecule has 2 fully saturated rings. The van der Waals surface area contributed by atoms with E-state index >= 15 is 0 Å². The molecule has 2 aliphatic rings. The number of hydrogen-bond donors (Lipinski definition) is 0. The highest BCUT2D eigenvalue weighted by Crippen LogP contribution is 2.33. The number of carbonyl (C=O) groups is 1. The van der Waals surface area contributed by atoms with Crippen LogP contribution in [0.2, 0.25) is 0 Å². The second kappa shape index (κ2) is 8.92. The summed E-state index contributed by atoms with van der Waals surface area (Å²) in [5, 5.41) is 1.07. The maximum atomic E-state index is 13.3. The van der Waals surface area contributed by atoms with Crippen LogP contribution in [0.1, 0.15) is 53.4 Å². The summed E-state index contributed by atoms with van der Waals surface area (Å²) in [5.41, 5.74) is 1.44. The lowest BCUT2D eigenvalue weighted by Gasteiger charge is -2.32. The zero-order valence-electron chi connectivity index (χ0n) is 17.9. The molecule has 5 rings (SSSR count). The van der Waals surface area contributed by atoms with Crippen molar-refractivity contribution in [2.24, 2.45) is 0 Å². The standard InChI is InChI=1S/C24H27N3O3S2/c28-24(18-8-6-10-20(16-18)32(29,30)27-14-4-1-5-15-27)26-13-7-9-19(17-26)23-25-21-11-2-3-12-22(21)31-23/h2-3,6,8,10-12,16,19H,1,4-5,7,9,13-15,17H2/t19-/m0/s1. The number of likely N-dealkylation sites (tertiary alicyclic amines) is 1. The van der Waals surface area contributed by atoms with Crippen LogP contribution in [0.15, 0.2) is 53.4 Å². The second-order valence-corrected chi connectivity index (χ2v) is 11.6. The lowest BCUT2D eigenvalue weighted by Crippen LogP contribution is -2.39. The number of para-hydroxylation sites is 1. The second-order valence-electron chi connectivity index (χ2n) is 8.60. The van der Waals surface area contributed by atoms with Crippen molar-refractivity contribution in [3.8, 4) is 0 Å². The predicted octanol–water partition coefficient (Wildman–Crippen LogP) is 4.49. The Morgan fingerprint density at radius 2 is 1.78 bits per heavy atom. The Kier molecular flexibility index (Phi) is 6.01. The van der Waals surface area contributed by atoms with Crippen molar-refractivity contribution >= 4 is 37.5 Å². The van der Waals surface area contributed by atoms with Gasteiger partial charge in [-0.15, -0.1) is 11.3 Å². The first-order chi connectivity index (χ1) is 15.5. The zero-order chi connectivity index (χ0) is 22.1. The van der Waals surface area contributed by atoms with Gasteiger partial charge in [-0.05, 0) is 56.0 Å². The Morgan fingerprint density at radius 3 is 2.59 bits per heavy atom. The highest BCUT2D eigenvalue weighted by atomic mass is 32.2. The van der Waals surface area contributed by atoms with E-state index in [2.05, 4.69) is 6.07 Å². The quantitative estimate of drug-likeness (QED) is 0.564. The number of carbonyl (C=O) groups excluding carboxylic acids is 1. The van der Waals surface area contributed by atoms with E-state index in [0.717, 1.165) is 42.6 Å². The molecule has 0 aliphatic carbocycles. The first-order valence-corrected chi connectivity index (χ1v) is 13.5. The SMILES string of the molecule is O=C(c1cccc(S(=O)(=O)N2CCCCC2)c1)N1CCC[C@H](c2nc3ccccc3s2)C1. The van der Waals surface area contributed by atoms with Gasteiger partial charge in [-0.3, -0.25) is 4.79 Å². The van der Waals surface area contributed by atoms with Gasteiger partial charge in [-0.2, -0.15) is 4.31 Å². The number of fused-ring (bicyclic) bond motifs is 1. The van der Waals surface area contributed by atoms with Gasteiger partial charge >= 0.3 is 0 Å². The van der Waals surface area contributed by atoms with E-state index in [1.807, 2.05) is 23.1 Å². The van der Waals surface area contributed by atoms with Crippen molar-refractivity contribution in [3.05, 3.63) is 59.1 Å². The molecular weight excluding hydrogens is 442 g/mol. The van der Waals surface area contributed by atoms with Gasteiger partial charge in [-0.25, -0.2) is 13.4 Å². The number of benzene rings is 2. The Balaban J connectivity index is 1.35. The van der Waals surface area contributed by atoms with Crippen LogP contribution in [0.4, 0.5) is 0 Å². The normalized spacial score (nSPS) is 20.5. The van der Waals surface area contributed by atoms with Crippen molar-refractivity contribution in [2.75, 3.05) is 26.2 Å². The zero-order valence-corrected chi connectivity index (χ0v) is 19.6. The Labute approximate surface area is 192 Å². The van der Waals surface area contributed by atoms with Gasteiger partial charge in [-0.1, -0.05) is 24.6 Å². The summed E-state index contributed by atoms with van der Waals surface area (Å²) >= 11 is 1.70. The van der Waals surface area contributed by atoms with E-state index in [1.165, 1.54) is 4.70 Å². The van der Waals surface area contributed by atoms with Crippen LogP contribution >= 0.6 is 11.3 Å². The summed E-state index contributed by atoms with van der Waals surface area (Å²) in [5.74, 6) is 0.108. The van der Waals surface area contributed by atoms with E-state index in [9.17, 15) is 13.2 Å². The van der Waals surface area contributed by atoms with Gasteiger partial charge in [0.15, 0.2) is 0 Å². The summed E-state index contributed by atoms with van der Waals surface area (Å²) in [4.78, 5) is 20.2. The maximum Gasteiger partial charge on any atom is 0.253 e. The molecule has 2 aromatic carbocycles. The number of thiazole rings is 1. The molecule has 8 heteroatoms. The molecule has 32 heavy (non-hydrogen) atoms. The number of sulfonamides is 1. The third kappa shape index (κ3) is 4.19. The molecule has 1 amide bonds. The molecule has 6 nitrogen and oxygen atoms in total. The summed E-state index contributed by atoms with van der Waals surface area (Å²) in [6, 6.07) is 14.7. The fourth-order valence-electron chi connectivity index (χ4n) is 4.65. The monoisotopic (exact) mass is 469 g/mol. The van der Waals surface area contributed by atoms with Crippen LogP contribution in [0.25, 0.3) is 10.2 Å². The van der Waals surface area contributed by atoms with Gasteiger partial charge in [0.25, 0.3) is 5.91 Å². The minimum absolute atomic E-state index is 0.105. The molecule has 168 valence electrons. The van der Waals surface area contributed by atoms with Crippen molar-refractivity contribution in [1.82, 2.24) is 14.2 Å². The molecule has 0 saturated carbocycles. The van der Waals surface area contributed by atoms with E-state index in [1.54, 1.807) is 39.9 Å². The first-order valence-electron chi connectivity index (χ1n) is 11.3. The number of aromatic nitrogens is 1. The lowest BCUT2D eigenvalue weighted by molar-refractivity contribution is 0.0707. The highest BCUT2D eigenvalue weighted by Gasteiger charge is 2.30. The van der Waals surface area contributed by atoms with Crippen LogP contribution in [0.3, 0.4) is 0 Å². The number of rotatable bonds is 4. The fourth-order valence-corrected chi connectivity index (χ4v) is 7.31. The molecule has 3 heterocycles. The average Bonchev–Trinajstić information content (AvgIpc) is 3.29. The fraction of sp³-hybridized carbons (Fsp3) is 0.417. The van der Waals surface area contributed by atoms with Gasteiger partial charge < -0.3 is 4.90 Å². The first kappa shape index (κ1) is 21.6. The molecule has 0 unspecified atom stereocenters. The third-order valence-corrected chi connectivity index (χ3v) is 9.50. The van der Waals surface area contributed by atoms with Crippen LogP contribution in [0.5, 0.6) is 0 Å². The van der Waals surface area contributed by atoms with E-state index in [4.69, 9.17) is 4.98 Å². The average molecular weight is 470 g/mol. The predicted molar refractivity (Wildman–Crippen MR) is 127 cm³/mol. The molecule has 1 aromatic heterocycles. The van der Waals surface area contributed by atoms with Crippen LogP contribution in [-0.4, -0.2) is 54.7 Å². The number of hydrogen-bond acceptors (Lipinski definition) is 5. The summed E-state index contributed by atoms with van der Waals surface area (Å²) < 4.78 is 28.8. The van der Waals surface area contributed by atoms with Crippen molar-refractivity contribution < 1.29 is 13.2 Å². The Bertz CT molecular complexity index is 1200. The molecule has 2 aliphatic heterocycles. The largest absolute Gasteiger partial charge is 0.338 e. The maximum absolute atomic E-state index is 13.3. The lowest BCUT2D eigenvalue weighted by atomic mass is 9.98. The molecule has 2 saturated heterocycles. The minimum atomic E-state index is -3.56. The third-order valence-electron chi connectivity index (χ3n) is 6.40. The van der Waals surface area contributed by atoms with Gasteiger partial charge in [0.1, 0.15) is 0 Å².